The molecule has 4 atom stereocenters. The second kappa shape index (κ2) is 7.45. The smallest absolute Gasteiger partial charge is 0.250 e. The van der Waals surface area contributed by atoms with E-state index in [0.717, 1.165) is 4.90 Å². The highest BCUT2D eigenvalue weighted by molar-refractivity contribution is 6.15. The van der Waals surface area contributed by atoms with E-state index in [1.165, 1.54) is 42.5 Å². The van der Waals surface area contributed by atoms with Gasteiger partial charge < -0.3 is 11.1 Å². The number of carbonyl (C=O) groups is 4. The van der Waals surface area contributed by atoms with Crippen molar-refractivity contribution in [3.8, 4) is 0 Å². The lowest BCUT2D eigenvalue weighted by molar-refractivity contribution is -0.143. The van der Waals surface area contributed by atoms with Gasteiger partial charge in [0.25, 0.3) is 0 Å². The maximum atomic E-state index is 14.2. The standard InChI is InChI=1S/C23H20F2N4O4/c24-12-3-1-11(2-4-12)10-29-20(31)18-16(7-8-17(26)30)28-23(19(18)21(29)32)14-9-13(25)5-6-15(14)27-22(23)33/h1-6,9,16,18-19,28H,7-8,10H2,(H2,26,30)(H,27,33)/t16-,18-,19+,23+/m1/s1. The summed E-state index contributed by atoms with van der Waals surface area (Å²) < 4.78 is 27.5. The minimum atomic E-state index is -1.66. The summed E-state index contributed by atoms with van der Waals surface area (Å²) >= 11 is 0. The number of fused-ring (bicyclic) bond motifs is 4. The van der Waals surface area contributed by atoms with Crippen LogP contribution in [0.4, 0.5) is 14.5 Å². The average Bonchev–Trinajstić information content (AvgIpc) is 3.34. The summed E-state index contributed by atoms with van der Waals surface area (Å²) in [6.45, 7) is -0.0960. The Hall–Kier alpha value is -3.66. The fraction of sp³-hybridized carbons (Fsp3) is 0.304. The van der Waals surface area contributed by atoms with Crippen molar-refractivity contribution in [2.45, 2.75) is 31.0 Å². The molecule has 3 heterocycles. The van der Waals surface area contributed by atoms with Crippen LogP contribution in [0.15, 0.2) is 42.5 Å². The van der Waals surface area contributed by atoms with Crippen LogP contribution in [0.2, 0.25) is 0 Å². The van der Waals surface area contributed by atoms with E-state index < -0.39 is 58.7 Å². The van der Waals surface area contributed by atoms with E-state index in [9.17, 15) is 28.0 Å². The molecule has 170 valence electrons. The first-order valence-corrected chi connectivity index (χ1v) is 10.5. The van der Waals surface area contributed by atoms with Gasteiger partial charge in [0.2, 0.25) is 23.6 Å². The van der Waals surface area contributed by atoms with Crippen LogP contribution in [-0.2, 0) is 31.3 Å². The van der Waals surface area contributed by atoms with E-state index in [4.69, 9.17) is 5.73 Å². The lowest BCUT2D eigenvalue weighted by atomic mass is 9.76. The molecule has 0 unspecified atom stereocenters. The molecule has 0 aromatic heterocycles. The Bertz CT molecular complexity index is 1200. The average molecular weight is 454 g/mol. The molecule has 1 spiro atoms. The van der Waals surface area contributed by atoms with E-state index in [-0.39, 0.29) is 24.9 Å². The van der Waals surface area contributed by atoms with E-state index >= 15 is 0 Å². The number of hydrogen-bond donors (Lipinski definition) is 3. The minimum Gasteiger partial charge on any atom is -0.370 e. The van der Waals surface area contributed by atoms with E-state index in [2.05, 4.69) is 10.6 Å². The SMILES string of the molecule is NC(=O)CC[C@H]1N[C@]2(C(=O)Nc3ccc(F)cc32)[C@@H]2C(=O)N(Cc3ccc(F)cc3)C(=O)[C@@H]21. The lowest BCUT2D eigenvalue weighted by Gasteiger charge is -2.29. The molecular weight excluding hydrogens is 434 g/mol. The first-order chi connectivity index (χ1) is 15.7. The lowest BCUT2D eigenvalue weighted by Crippen LogP contribution is -2.53. The molecule has 0 aliphatic carbocycles. The number of anilines is 1. The molecule has 4 amide bonds. The predicted octanol–water partition coefficient (Wildman–Crippen LogP) is 1.15. The third kappa shape index (κ3) is 3.12. The van der Waals surface area contributed by atoms with Crippen LogP contribution in [0.3, 0.4) is 0 Å². The van der Waals surface area contributed by atoms with Crippen molar-refractivity contribution in [2.75, 3.05) is 5.32 Å². The molecule has 2 saturated heterocycles. The van der Waals surface area contributed by atoms with Gasteiger partial charge in [0.1, 0.15) is 17.2 Å². The number of amides is 4. The molecule has 3 aliphatic rings. The van der Waals surface area contributed by atoms with Crippen LogP contribution in [-0.4, -0.2) is 34.6 Å². The fourth-order valence-electron chi connectivity index (χ4n) is 5.31. The van der Waals surface area contributed by atoms with Gasteiger partial charge in [-0.3, -0.25) is 29.4 Å². The van der Waals surface area contributed by atoms with E-state index in [1.54, 1.807) is 0 Å². The van der Waals surface area contributed by atoms with Crippen molar-refractivity contribution in [2.24, 2.45) is 17.6 Å². The highest BCUT2D eigenvalue weighted by Gasteiger charge is 2.70. The zero-order valence-corrected chi connectivity index (χ0v) is 17.3. The monoisotopic (exact) mass is 454 g/mol. The molecule has 33 heavy (non-hydrogen) atoms. The first kappa shape index (κ1) is 21.2. The minimum absolute atomic E-state index is 0.0615. The molecule has 3 aliphatic heterocycles. The van der Waals surface area contributed by atoms with E-state index in [1.807, 2.05) is 0 Å². The highest BCUT2D eigenvalue weighted by atomic mass is 19.1. The number of nitrogens with zero attached hydrogens (tertiary/aromatic N) is 1. The van der Waals surface area contributed by atoms with Crippen molar-refractivity contribution >= 4 is 29.3 Å². The highest BCUT2D eigenvalue weighted by Crippen LogP contribution is 2.53. The summed E-state index contributed by atoms with van der Waals surface area (Å²) in [6.07, 6.45) is 0.0631. The Morgan fingerprint density at radius 3 is 2.42 bits per heavy atom. The van der Waals surface area contributed by atoms with Crippen LogP contribution in [0.5, 0.6) is 0 Å². The topological polar surface area (TPSA) is 122 Å². The van der Waals surface area contributed by atoms with Gasteiger partial charge in [-0.25, -0.2) is 8.78 Å². The van der Waals surface area contributed by atoms with Gasteiger partial charge in [-0.05, 0) is 42.3 Å². The Morgan fingerprint density at radius 1 is 1.03 bits per heavy atom. The van der Waals surface area contributed by atoms with Gasteiger partial charge in [0.15, 0.2) is 0 Å². The number of primary amides is 1. The van der Waals surface area contributed by atoms with Gasteiger partial charge in [0.05, 0.1) is 18.4 Å². The number of nitrogens with one attached hydrogen (secondary N) is 2. The van der Waals surface area contributed by atoms with E-state index in [0.29, 0.717) is 11.3 Å². The number of likely N-dealkylation sites (tertiary alicyclic amines) is 1. The summed E-state index contributed by atoms with van der Waals surface area (Å²) in [4.78, 5) is 52.7. The first-order valence-electron chi connectivity index (χ1n) is 10.5. The molecule has 0 saturated carbocycles. The molecular formula is C23H20F2N4O4. The Kier molecular flexibility index (Phi) is 4.78. The largest absolute Gasteiger partial charge is 0.370 e. The Labute approximate surface area is 187 Å². The molecule has 8 nitrogen and oxygen atoms in total. The second-order valence-corrected chi connectivity index (χ2v) is 8.60. The molecule has 10 heteroatoms. The fourth-order valence-corrected chi connectivity index (χ4v) is 5.31. The maximum absolute atomic E-state index is 14.2. The number of rotatable bonds is 5. The van der Waals surface area contributed by atoms with Crippen molar-refractivity contribution in [3.63, 3.8) is 0 Å². The van der Waals surface area contributed by atoms with Gasteiger partial charge in [-0.1, -0.05) is 12.1 Å². The second-order valence-electron chi connectivity index (χ2n) is 8.60. The van der Waals surface area contributed by atoms with Gasteiger partial charge in [-0.2, -0.15) is 0 Å². The van der Waals surface area contributed by atoms with Gasteiger partial charge >= 0.3 is 0 Å². The number of carbonyl (C=O) groups excluding carboxylic acids is 4. The summed E-state index contributed by atoms with van der Waals surface area (Å²) in [5.74, 6) is -5.37. The molecule has 2 fully saturated rings. The van der Waals surface area contributed by atoms with Crippen molar-refractivity contribution in [3.05, 3.63) is 65.2 Å². The van der Waals surface area contributed by atoms with Crippen molar-refractivity contribution in [1.29, 1.82) is 0 Å². The number of hydrogen-bond acceptors (Lipinski definition) is 5. The number of benzene rings is 2. The predicted molar refractivity (Wildman–Crippen MR) is 111 cm³/mol. The summed E-state index contributed by atoms with van der Waals surface area (Å²) in [5.41, 5.74) is 4.76. The summed E-state index contributed by atoms with van der Waals surface area (Å²) in [7, 11) is 0. The van der Waals surface area contributed by atoms with Crippen LogP contribution in [0.25, 0.3) is 0 Å². The Morgan fingerprint density at radius 2 is 1.73 bits per heavy atom. The molecule has 2 aromatic carbocycles. The quantitative estimate of drug-likeness (QED) is 0.586. The normalized spacial score (nSPS) is 27.8. The summed E-state index contributed by atoms with van der Waals surface area (Å²) in [5, 5.41) is 5.78. The van der Waals surface area contributed by atoms with Crippen LogP contribution in [0.1, 0.15) is 24.0 Å². The van der Waals surface area contributed by atoms with Gasteiger partial charge in [-0.15, -0.1) is 0 Å². The molecule has 2 aromatic rings. The van der Waals surface area contributed by atoms with Gasteiger partial charge in [0, 0.05) is 23.7 Å². The number of nitrogens with two attached hydrogens (primary N) is 1. The molecule has 4 N–H and O–H groups in total. The van der Waals surface area contributed by atoms with Crippen LogP contribution < -0.4 is 16.4 Å². The summed E-state index contributed by atoms with van der Waals surface area (Å²) in [6, 6.07) is 8.45. The molecule has 0 bridgehead atoms. The zero-order valence-electron chi connectivity index (χ0n) is 17.3. The van der Waals surface area contributed by atoms with Crippen LogP contribution in [0, 0.1) is 23.5 Å². The van der Waals surface area contributed by atoms with Crippen molar-refractivity contribution in [1.82, 2.24) is 10.2 Å². The number of halogens is 2. The third-order valence-corrected chi connectivity index (χ3v) is 6.72. The zero-order chi connectivity index (χ0) is 23.5. The Balaban J connectivity index is 1.58. The molecule has 5 rings (SSSR count). The number of imide groups is 1. The molecule has 0 radical (unpaired) electrons. The van der Waals surface area contributed by atoms with Crippen LogP contribution >= 0.6 is 0 Å². The van der Waals surface area contributed by atoms with Crippen molar-refractivity contribution < 1.29 is 28.0 Å². The third-order valence-electron chi connectivity index (χ3n) is 6.72. The maximum Gasteiger partial charge on any atom is 0.250 e.